The molecule has 2 N–H and O–H groups in total. The van der Waals surface area contributed by atoms with Crippen molar-refractivity contribution in [3.8, 4) is 0 Å². The van der Waals surface area contributed by atoms with E-state index < -0.39 is 12.1 Å². The SMILES string of the molecule is O=C(O)C(F)(F)F.O=C1CC(c2ccccc2)C2(CCN(CC3CCOCC3)CC2)N1. The van der Waals surface area contributed by atoms with Crippen molar-refractivity contribution in [3.63, 3.8) is 0 Å². The molecule has 1 atom stereocenters. The molecule has 3 fully saturated rings. The van der Waals surface area contributed by atoms with Crippen LogP contribution in [0.5, 0.6) is 0 Å². The molecule has 172 valence electrons. The molecule has 3 aliphatic heterocycles. The number of benzene rings is 1. The van der Waals surface area contributed by atoms with E-state index in [0.717, 1.165) is 45.1 Å². The van der Waals surface area contributed by atoms with Crippen molar-refractivity contribution in [2.45, 2.75) is 49.7 Å². The number of amides is 1. The topological polar surface area (TPSA) is 78.9 Å². The van der Waals surface area contributed by atoms with Crippen LogP contribution in [0.1, 0.15) is 43.6 Å². The van der Waals surface area contributed by atoms with Crippen LogP contribution in [0.25, 0.3) is 0 Å². The summed E-state index contributed by atoms with van der Waals surface area (Å²) >= 11 is 0. The first-order valence-electron chi connectivity index (χ1n) is 10.7. The molecular formula is C22H29F3N2O4. The number of hydrogen-bond acceptors (Lipinski definition) is 4. The molecule has 1 unspecified atom stereocenters. The summed E-state index contributed by atoms with van der Waals surface area (Å²) in [5, 5.41) is 10.5. The average Bonchev–Trinajstić information content (AvgIpc) is 3.07. The number of alkyl halides is 3. The van der Waals surface area contributed by atoms with Crippen molar-refractivity contribution >= 4 is 11.9 Å². The number of piperidine rings is 1. The van der Waals surface area contributed by atoms with Crippen LogP contribution < -0.4 is 5.32 Å². The Hall–Kier alpha value is -2.13. The molecule has 1 amide bonds. The van der Waals surface area contributed by atoms with E-state index in [9.17, 15) is 18.0 Å². The maximum atomic E-state index is 12.2. The number of carboxylic acids is 1. The first-order valence-corrected chi connectivity index (χ1v) is 10.7. The Labute approximate surface area is 179 Å². The lowest BCUT2D eigenvalue weighted by atomic mass is 9.74. The van der Waals surface area contributed by atoms with E-state index in [1.54, 1.807) is 0 Å². The number of halogens is 3. The highest BCUT2D eigenvalue weighted by Crippen LogP contribution is 2.43. The molecule has 0 bridgehead atoms. The Balaban J connectivity index is 0.000000339. The summed E-state index contributed by atoms with van der Waals surface area (Å²) in [4.78, 5) is 23.7. The predicted molar refractivity (Wildman–Crippen MR) is 108 cm³/mol. The largest absolute Gasteiger partial charge is 0.490 e. The van der Waals surface area contributed by atoms with Crippen LogP contribution in [0.3, 0.4) is 0 Å². The summed E-state index contributed by atoms with van der Waals surface area (Å²) in [5.74, 6) is -1.42. The van der Waals surface area contributed by atoms with Gasteiger partial charge in [-0.25, -0.2) is 4.79 Å². The summed E-state index contributed by atoms with van der Waals surface area (Å²) in [6.45, 7) is 5.24. The maximum absolute atomic E-state index is 12.2. The van der Waals surface area contributed by atoms with Gasteiger partial charge in [-0.1, -0.05) is 30.3 Å². The van der Waals surface area contributed by atoms with Crippen molar-refractivity contribution in [2.75, 3.05) is 32.8 Å². The van der Waals surface area contributed by atoms with Gasteiger partial charge in [-0.05, 0) is 37.2 Å². The smallest absolute Gasteiger partial charge is 0.475 e. The Kier molecular flexibility index (Phi) is 7.59. The first-order chi connectivity index (χ1) is 14.7. The fraction of sp³-hybridized carbons (Fsp3) is 0.636. The van der Waals surface area contributed by atoms with Gasteiger partial charge < -0.3 is 20.1 Å². The van der Waals surface area contributed by atoms with Crippen molar-refractivity contribution in [2.24, 2.45) is 5.92 Å². The van der Waals surface area contributed by atoms with Crippen LogP contribution in [0, 0.1) is 5.92 Å². The molecule has 1 spiro atoms. The molecule has 3 heterocycles. The number of nitrogens with zero attached hydrogens (tertiary/aromatic N) is 1. The molecule has 9 heteroatoms. The summed E-state index contributed by atoms with van der Waals surface area (Å²) < 4.78 is 37.2. The van der Waals surface area contributed by atoms with E-state index in [1.165, 1.54) is 24.9 Å². The minimum Gasteiger partial charge on any atom is -0.475 e. The van der Waals surface area contributed by atoms with Gasteiger partial charge in [-0.2, -0.15) is 13.2 Å². The van der Waals surface area contributed by atoms with Gasteiger partial charge in [0.05, 0.1) is 0 Å². The third kappa shape index (κ3) is 6.20. The van der Waals surface area contributed by atoms with Crippen LogP contribution >= 0.6 is 0 Å². The highest BCUT2D eigenvalue weighted by Gasteiger charge is 2.48. The zero-order valence-electron chi connectivity index (χ0n) is 17.4. The lowest BCUT2D eigenvalue weighted by Gasteiger charge is -2.44. The second kappa shape index (κ2) is 9.99. The molecule has 6 nitrogen and oxygen atoms in total. The molecule has 0 radical (unpaired) electrons. The number of likely N-dealkylation sites (tertiary alicyclic amines) is 1. The lowest BCUT2D eigenvalue weighted by Crippen LogP contribution is -2.54. The van der Waals surface area contributed by atoms with E-state index >= 15 is 0 Å². The molecule has 4 rings (SSSR count). The number of carbonyl (C=O) groups excluding carboxylic acids is 1. The summed E-state index contributed by atoms with van der Waals surface area (Å²) in [6, 6.07) is 10.6. The van der Waals surface area contributed by atoms with E-state index in [1.807, 2.05) is 0 Å². The number of carboxylic acid groups (broad SMARTS) is 1. The molecule has 3 saturated heterocycles. The van der Waals surface area contributed by atoms with Gasteiger partial charge in [0.2, 0.25) is 5.91 Å². The molecule has 3 aliphatic rings. The number of aliphatic carboxylic acids is 1. The number of ether oxygens (including phenoxy) is 1. The standard InChI is InChI=1S/C20H28N2O2.C2HF3O2/c23-19-14-18(17-4-2-1-3-5-17)20(21-19)8-10-22(11-9-20)15-16-6-12-24-13-7-16;3-2(4,5)1(6)7/h1-5,16,18H,6-15H2,(H,21,23);(H,6,7). The molecular weight excluding hydrogens is 413 g/mol. The van der Waals surface area contributed by atoms with Gasteiger partial charge in [-0.15, -0.1) is 0 Å². The number of carbonyl (C=O) groups is 2. The molecule has 1 aromatic carbocycles. The quantitative estimate of drug-likeness (QED) is 0.752. The highest BCUT2D eigenvalue weighted by atomic mass is 19.4. The van der Waals surface area contributed by atoms with Gasteiger partial charge in [0.25, 0.3) is 0 Å². The Bertz CT molecular complexity index is 743. The normalized spacial score (nSPS) is 24.4. The zero-order valence-corrected chi connectivity index (χ0v) is 17.4. The Morgan fingerprint density at radius 3 is 2.29 bits per heavy atom. The first kappa shape index (κ1) is 23.5. The summed E-state index contributed by atoms with van der Waals surface area (Å²) in [5.41, 5.74) is 1.29. The highest BCUT2D eigenvalue weighted by molar-refractivity contribution is 5.81. The molecule has 31 heavy (non-hydrogen) atoms. The van der Waals surface area contributed by atoms with Crippen LogP contribution in [0.15, 0.2) is 30.3 Å². The Morgan fingerprint density at radius 2 is 1.74 bits per heavy atom. The fourth-order valence-corrected chi connectivity index (χ4v) is 4.82. The van der Waals surface area contributed by atoms with Crippen LogP contribution in [-0.4, -0.2) is 66.4 Å². The van der Waals surface area contributed by atoms with Crippen molar-refractivity contribution in [1.29, 1.82) is 0 Å². The molecule has 0 saturated carbocycles. The van der Waals surface area contributed by atoms with Crippen LogP contribution in [0.2, 0.25) is 0 Å². The van der Waals surface area contributed by atoms with E-state index in [0.29, 0.717) is 12.3 Å². The number of nitrogens with one attached hydrogen (secondary N) is 1. The number of rotatable bonds is 3. The molecule has 1 aromatic rings. The van der Waals surface area contributed by atoms with Gasteiger partial charge in [0, 0.05) is 50.7 Å². The monoisotopic (exact) mass is 442 g/mol. The fourth-order valence-electron chi connectivity index (χ4n) is 4.82. The number of hydrogen-bond donors (Lipinski definition) is 2. The van der Waals surface area contributed by atoms with Crippen molar-refractivity contribution < 1.29 is 32.6 Å². The zero-order chi connectivity index (χ0) is 22.5. The lowest BCUT2D eigenvalue weighted by molar-refractivity contribution is -0.192. The average molecular weight is 442 g/mol. The van der Waals surface area contributed by atoms with Gasteiger partial charge in [-0.3, -0.25) is 4.79 Å². The van der Waals surface area contributed by atoms with E-state index in [-0.39, 0.29) is 11.4 Å². The third-order valence-corrected chi connectivity index (χ3v) is 6.49. The minimum atomic E-state index is -5.08. The predicted octanol–water partition coefficient (Wildman–Crippen LogP) is 3.18. The second-order valence-corrected chi connectivity index (χ2v) is 8.53. The van der Waals surface area contributed by atoms with E-state index in [2.05, 4.69) is 40.5 Å². The van der Waals surface area contributed by atoms with Crippen LogP contribution in [-0.2, 0) is 14.3 Å². The third-order valence-electron chi connectivity index (χ3n) is 6.49. The Morgan fingerprint density at radius 1 is 1.16 bits per heavy atom. The summed E-state index contributed by atoms with van der Waals surface area (Å²) in [7, 11) is 0. The maximum Gasteiger partial charge on any atom is 0.490 e. The van der Waals surface area contributed by atoms with E-state index in [4.69, 9.17) is 14.6 Å². The van der Waals surface area contributed by atoms with Crippen molar-refractivity contribution in [1.82, 2.24) is 10.2 Å². The summed E-state index contributed by atoms with van der Waals surface area (Å²) in [6.07, 6.45) is 0.100. The van der Waals surface area contributed by atoms with Gasteiger partial charge in [0.15, 0.2) is 0 Å². The molecule has 0 aromatic heterocycles. The minimum absolute atomic E-state index is 0.0232. The van der Waals surface area contributed by atoms with Gasteiger partial charge >= 0.3 is 12.1 Å². The van der Waals surface area contributed by atoms with Gasteiger partial charge in [0.1, 0.15) is 0 Å². The second-order valence-electron chi connectivity index (χ2n) is 8.53. The van der Waals surface area contributed by atoms with Crippen molar-refractivity contribution in [3.05, 3.63) is 35.9 Å². The van der Waals surface area contributed by atoms with Crippen LogP contribution in [0.4, 0.5) is 13.2 Å². The molecule has 0 aliphatic carbocycles.